The molecule has 7 heteroatoms. The third-order valence-corrected chi connectivity index (χ3v) is 5.85. The van der Waals surface area contributed by atoms with Crippen LogP contribution in [-0.2, 0) is 20.9 Å². The molecule has 0 bridgehead atoms. The molecule has 2 amide bonds. The van der Waals surface area contributed by atoms with E-state index in [9.17, 15) is 14.4 Å². The van der Waals surface area contributed by atoms with Crippen molar-refractivity contribution in [2.75, 3.05) is 13.2 Å². The van der Waals surface area contributed by atoms with Gasteiger partial charge in [-0.15, -0.1) is 0 Å². The van der Waals surface area contributed by atoms with E-state index in [1.807, 2.05) is 42.5 Å². The first kappa shape index (κ1) is 21.6. The SMILES string of the molecule is CCOC(=O)COc1ccccc1/C=C1/SC(=O)N(Cc2cccc3ccccc23)C1=O. The molecule has 1 aliphatic rings. The van der Waals surface area contributed by atoms with Crippen molar-refractivity contribution in [3.8, 4) is 5.75 Å². The van der Waals surface area contributed by atoms with Gasteiger partial charge in [0.25, 0.3) is 11.1 Å². The molecule has 0 spiro atoms. The van der Waals surface area contributed by atoms with Crippen LogP contribution in [0.4, 0.5) is 4.79 Å². The number of benzene rings is 3. The van der Waals surface area contributed by atoms with E-state index in [1.165, 1.54) is 4.90 Å². The maximum atomic E-state index is 13.0. The van der Waals surface area contributed by atoms with Crippen molar-refractivity contribution in [2.24, 2.45) is 0 Å². The summed E-state index contributed by atoms with van der Waals surface area (Å²) in [5, 5.41) is 1.75. The molecule has 0 N–H and O–H groups in total. The Bertz CT molecular complexity index is 1210. The quantitative estimate of drug-likeness (QED) is 0.374. The number of nitrogens with zero attached hydrogens (tertiary/aromatic N) is 1. The molecule has 3 aromatic carbocycles. The predicted molar refractivity (Wildman–Crippen MR) is 124 cm³/mol. The molecule has 3 aromatic rings. The highest BCUT2D eigenvalue weighted by Gasteiger charge is 2.35. The fourth-order valence-corrected chi connectivity index (χ4v) is 4.28. The van der Waals surface area contributed by atoms with Gasteiger partial charge in [-0.2, -0.15) is 0 Å². The van der Waals surface area contributed by atoms with E-state index >= 15 is 0 Å². The highest BCUT2D eigenvalue weighted by atomic mass is 32.2. The topological polar surface area (TPSA) is 72.9 Å². The molecule has 6 nitrogen and oxygen atoms in total. The van der Waals surface area contributed by atoms with Crippen LogP contribution in [0, 0.1) is 0 Å². The molecule has 1 aliphatic heterocycles. The first-order chi connectivity index (χ1) is 15.6. The Morgan fingerprint density at radius 3 is 2.59 bits per heavy atom. The number of fused-ring (bicyclic) bond motifs is 1. The van der Waals surface area contributed by atoms with Crippen molar-refractivity contribution in [3.63, 3.8) is 0 Å². The van der Waals surface area contributed by atoms with E-state index < -0.39 is 5.97 Å². The second-order valence-electron chi connectivity index (χ2n) is 7.04. The number of para-hydroxylation sites is 1. The molecule has 0 radical (unpaired) electrons. The Morgan fingerprint density at radius 1 is 1.00 bits per heavy atom. The predicted octanol–water partition coefficient (Wildman–Crippen LogP) is 5.02. The number of esters is 1. The van der Waals surface area contributed by atoms with Crippen LogP contribution in [-0.4, -0.2) is 35.2 Å². The second kappa shape index (κ2) is 9.70. The Balaban J connectivity index is 1.55. The third kappa shape index (κ3) is 4.68. The zero-order chi connectivity index (χ0) is 22.5. The minimum absolute atomic E-state index is 0.199. The molecule has 0 aromatic heterocycles. The van der Waals surface area contributed by atoms with E-state index in [0.717, 1.165) is 28.1 Å². The Morgan fingerprint density at radius 2 is 1.75 bits per heavy atom. The van der Waals surface area contributed by atoms with E-state index in [1.54, 1.807) is 37.3 Å². The standard InChI is InChI=1S/C25H21NO5S/c1-2-30-23(27)16-31-21-13-6-4-9-18(21)14-22-24(28)26(25(29)32-22)15-19-11-7-10-17-8-3-5-12-20(17)19/h3-14H,2,15-16H2,1H3/b22-14+. The van der Waals surface area contributed by atoms with Crippen molar-refractivity contribution >= 4 is 45.7 Å². The number of thioether (sulfide) groups is 1. The van der Waals surface area contributed by atoms with Gasteiger partial charge in [-0.1, -0.05) is 60.7 Å². The number of ether oxygens (including phenoxy) is 2. The van der Waals surface area contributed by atoms with Crippen LogP contribution >= 0.6 is 11.8 Å². The first-order valence-electron chi connectivity index (χ1n) is 10.2. The summed E-state index contributed by atoms with van der Waals surface area (Å²) in [6.07, 6.45) is 1.62. The number of hydrogen-bond donors (Lipinski definition) is 0. The molecule has 0 saturated carbocycles. The molecule has 0 unspecified atom stereocenters. The average Bonchev–Trinajstić information content (AvgIpc) is 3.06. The van der Waals surface area contributed by atoms with E-state index in [4.69, 9.17) is 9.47 Å². The fourth-order valence-electron chi connectivity index (χ4n) is 3.45. The molecule has 162 valence electrons. The minimum Gasteiger partial charge on any atom is -0.481 e. The molecule has 1 saturated heterocycles. The number of amides is 2. The fraction of sp³-hybridized carbons (Fsp3) is 0.160. The third-order valence-electron chi connectivity index (χ3n) is 4.94. The van der Waals surface area contributed by atoms with Crippen molar-refractivity contribution in [3.05, 3.63) is 82.8 Å². The molecule has 32 heavy (non-hydrogen) atoms. The van der Waals surface area contributed by atoms with E-state index in [-0.39, 0.29) is 30.9 Å². The van der Waals surface area contributed by atoms with E-state index in [2.05, 4.69) is 0 Å². The lowest BCUT2D eigenvalue weighted by Crippen LogP contribution is -2.27. The number of carbonyl (C=O) groups excluding carboxylic acids is 3. The molecule has 0 aliphatic carbocycles. The average molecular weight is 448 g/mol. The molecule has 0 atom stereocenters. The van der Waals surface area contributed by atoms with Crippen molar-refractivity contribution in [1.82, 2.24) is 4.90 Å². The van der Waals surface area contributed by atoms with Gasteiger partial charge in [-0.25, -0.2) is 4.79 Å². The molecule has 4 rings (SSSR count). The van der Waals surface area contributed by atoms with Gasteiger partial charge in [0.05, 0.1) is 18.1 Å². The maximum Gasteiger partial charge on any atom is 0.344 e. The van der Waals surface area contributed by atoms with Crippen LogP contribution in [0.5, 0.6) is 5.75 Å². The van der Waals surface area contributed by atoms with E-state index in [0.29, 0.717) is 16.2 Å². The maximum absolute atomic E-state index is 13.0. The zero-order valence-electron chi connectivity index (χ0n) is 17.4. The largest absolute Gasteiger partial charge is 0.481 e. The summed E-state index contributed by atoms with van der Waals surface area (Å²) >= 11 is 0.894. The number of carbonyl (C=O) groups is 3. The highest BCUT2D eigenvalue weighted by Crippen LogP contribution is 2.35. The normalized spacial score (nSPS) is 14.9. The molecule has 1 fully saturated rings. The van der Waals surface area contributed by atoms with Crippen LogP contribution in [0.3, 0.4) is 0 Å². The molecular weight excluding hydrogens is 426 g/mol. The van der Waals surface area contributed by atoms with Gasteiger partial charge in [-0.3, -0.25) is 14.5 Å². The number of rotatable bonds is 7. The monoisotopic (exact) mass is 447 g/mol. The number of hydrogen-bond acceptors (Lipinski definition) is 6. The van der Waals surface area contributed by atoms with Gasteiger partial charge in [0.15, 0.2) is 6.61 Å². The van der Waals surface area contributed by atoms with Gasteiger partial charge in [0, 0.05) is 5.56 Å². The van der Waals surface area contributed by atoms with Crippen LogP contribution in [0.1, 0.15) is 18.1 Å². The van der Waals surface area contributed by atoms with Crippen LogP contribution in [0.25, 0.3) is 16.8 Å². The second-order valence-corrected chi connectivity index (χ2v) is 8.03. The zero-order valence-corrected chi connectivity index (χ0v) is 18.3. The summed E-state index contributed by atoms with van der Waals surface area (Å²) < 4.78 is 10.4. The van der Waals surface area contributed by atoms with Gasteiger partial charge in [0.1, 0.15) is 5.75 Å². The van der Waals surface area contributed by atoms with Crippen LogP contribution < -0.4 is 4.74 Å². The van der Waals surface area contributed by atoms with Gasteiger partial charge in [0.2, 0.25) is 0 Å². The van der Waals surface area contributed by atoms with Crippen molar-refractivity contribution in [2.45, 2.75) is 13.5 Å². The van der Waals surface area contributed by atoms with Gasteiger partial charge < -0.3 is 9.47 Å². The van der Waals surface area contributed by atoms with Crippen molar-refractivity contribution < 1.29 is 23.9 Å². The van der Waals surface area contributed by atoms with Crippen LogP contribution in [0.2, 0.25) is 0 Å². The summed E-state index contributed by atoms with van der Waals surface area (Å²) in [4.78, 5) is 38.8. The summed E-state index contributed by atoms with van der Waals surface area (Å²) in [7, 11) is 0. The van der Waals surface area contributed by atoms with Crippen molar-refractivity contribution in [1.29, 1.82) is 0 Å². The molecular formula is C25H21NO5S. The number of imide groups is 1. The lowest BCUT2D eigenvalue weighted by molar-refractivity contribution is -0.145. The van der Waals surface area contributed by atoms with Crippen LogP contribution in [0.15, 0.2) is 71.6 Å². The summed E-state index contributed by atoms with van der Waals surface area (Å²) in [6.45, 7) is 1.96. The van der Waals surface area contributed by atoms with Gasteiger partial charge in [-0.05, 0) is 47.2 Å². The lowest BCUT2D eigenvalue weighted by Gasteiger charge is -2.14. The first-order valence-corrected chi connectivity index (χ1v) is 11.0. The molecule has 1 heterocycles. The Labute approximate surface area is 189 Å². The Hall–Kier alpha value is -3.58. The minimum atomic E-state index is -0.474. The summed E-state index contributed by atoms with van der Waals surface area (Å²) in [5.41, 5.74) is 1.51. The summed E-state index contributed by atoms with van der Waals surface area (Å²) in [6, 6.07) is 20.7. The summed E-state index contributed by atoms with van der Waals surface area (Å²) in [5.74, 6) is -0.396. The smallest absolute Gasteiger partial charge is 0.344 e. The highest BCUT2D eigenvalue weighted by molar-refractivity contribution is 8.18. The Kier molecular flexibility index (Phi) is 6.56. The van der Waals surface area contributed by atoms with Gasteiger partial charge >= 0.3 is 5.97 Å². The lowest BCUT2D eigenvalue weighted by atomic mass is 10.0.